The molecule has 2 aromatic carbocycles. The Morgan fingerprint density at radius 3 is 2.62 bits per heavy atom. The van der Waals surface area contributed by atoms with Gasteiger partial charge in [0.25, 0.3) is 0 Å². The lowest BCUT2D eigenvalue weighted by molar-refractivity contribution is 0.566. The Hall–Kier alpha value is -2.20. The van der Waals surface area contributed by atoms with Crippen molar-refractivity contribution in [2.24, 2.45) is 10.9 Å². The number of benzene rings is 2. The number of anilines is 1. The molecule has 5 heteroatoms. The Balaban J connectivity index is 1.50. The summed E-state index contributed by atoms with van der Waals surface area (Å²) in [7, 11) is 0. The summed E-state index contributed by atoms with van der Waals surface area (Å²) in [4.78, 5) is 7.15. The van der Waals surface area contributed by atoms with Gasteiger partial charge in [-0.25, -0.2) is 4.99 Å². The van der Waals surface area contributed by atoms with Gasteiger partial charge in [0, 0.05) is 36.9 Å². The van der Waals surface area contributed by atoms with Crippen molar-refractivity contribution in [2.75, 3.05) is 31.1 Å². The van der Waals surface area contributed by atoms with Gasteiger partial charge in [-0.15, -0.1) is 0 Å². The van der Waals surface area contributed by atoms with Crippen molar-refractivity contribution in [1.29, 1.82) is 0 Å². The van der Waals surface area contributed by atoms with E-state index in [1.807, 2.05) is 24.3 Å². The van der Waals surface area contributed by atoms with E-state index in [9.17, 15) is 0 Å². The van der Waals surface area contributed by atoms with Crippen LogP contribution in [0.3, 0.4) is 0 Å². The molecule has 1 unspecified atom stereocenters. The lowest BCUT2D eigenvalue weighted by atomic mass is 10.1. The third kappa shape index (κ3) is 5.40. The van der Waals surface area contributed by atoms with E-state index in [4.69, 9.17) is 11.6 Å². The summed E-state index contributed by atoms with van der Waals surface area (Å²) in [5, 5.41) is 7.59. The second-order valence-electron chi connectivity index (χ2n) is 6.64. The first-order chi connectivity index (χ1) is 12.7. The van der Waals surface area contributed by atoms with Crippen molar-refractivity contribution in [2.45, 2.75) is 19.9 Å². The lowest BCUT2D eigenvalue weighted by Gasteiger charge is -2.19. The van der Waals surface area contributed by atoms with E-state index in [0.29, 0.717) is 12.5 Å². The quantitative estimate of drug-likeness (QED) is 0.598. The number of rotatable bonds is 6. The molecule has 0 radical (unpaired) electrons. The molecule has 1 fully saturated rings. The topological polar surface area (TPSA) is 39.7 Å². The number of guanidine groups is 1. The minimum Gasteiger partial charge on any atom is -0.371 e. The zero-order valence-corrected chi connectivity index (χ0v) is 16.0. The van der Waals surface area contributed by atoms with E-state index in [-0.39, 0.29) is 0 Å². The van der Waals surface area contributed by atoms with Crippen LogP contribution in [0.1, 0.15) is 18.9 Å². The van der Waals surface area contributed by atoms with Crippen molar-refractivity contribution in [3.05, 3.63) is 65.2 Å². The molecule has 0 saturated carbocycles. The molecule has 0 amide bonds. The first-order valence-electron chi connectivity index (χ1n) is 9.31. The average Bonchev–Trinajstić information content (AvgIpc) is 3.15. The zero-order chi connectivity index (χ0) is 18.2. The number of aliphatic imine (C=N–C) groups is 1. The fraction of sp³-hybridized carbons (Fsp3) is 0.381. The van der Waals surface area contributed by atoms with Gasteiger partial charge in [-0.1, -0.05) is 41.9 Å². The number of para-hydroxylation sites is 1. The smallest absolute Gasteiger partial charge is 0.191 e. The van der Waals surface area contributed by atoms with Crippen LogP contribution in [0.2, 0.25) is 5.02 Å². The molecular formula is C21H27ClN4. The highest BCUT2D eigenvalue weighted by Gasteiger charge is 2.22. The summed E-state index contributed by atoms with van der Waals surface area (Å²) >= 11 is 5.94. The molecule has 3 rings (SSSR count). The van der Waals surface area contributed by atoms with E-state index in [1.54, 1.807) is 0 Å². The van der Waals surface area contributed by atoms with E-state index in [0.717, 1.165) is 42.7 Å². The van der Waals surface area contributed by atoms with Crippen LogP contribution in [-0.4, -0.2) is 32.1 Å². The van der Waals surface area contributed by atoms with Crippen LogP contribution in [0.5, 0.6) is 0 Å². The van der Waals surface area contributed by atoms with Crippen molar-refractivity contribution in [3.63, 3.8) is 0 Å². The second-order valence-corrected chi connectivity index (χ2v) is 7.08. The maximum absolute atomic E-state index is 5.94. The number of halogens is 1. The van der Waals surface area contributed by atoms with Crippen LogP contribution in [0.15, 0.2) is 59.6 Å². The molecule has 4 nitrogen and oxygen atoms in total. The summed E-state index contributed by atoms with van der Waals surface area (Å²) in [6, 6.07) is 18.5. The maximum Gasteiger partial charge on any atom is 0.191 e. The summed E-state index contributed by atoms with van der Waals surface area (Å²) in [5.74, 6) is 1.51. The standard InChI is InChI=1S/C21H27ClN4/c1-2-23-21(24-14-17-8-10-19(22)11-9-17)25-15-18-12-13-26(16-18)20-6-4-3-5-7-20/h3-11,18H,2,12-16H2,1H3,(H2,23,24,25). The van der Waals surface area contributed by atoms with Crippen molar-refractivity contribution < 1.29 is 0 Å². The Morgan fingerprint density at radius 2 is 1.88 bits per heavy atom. The SMILES string of the molecule is CCNC(=NCc1ccc(Cl)cc1)NCC1CCN(c2ccccc2)C1. The lowest BCUT2D eigenvalue weighted by Crippen LogP contribution is -2.40. The largest absolute Gasteiger partial charge is 0.371 e. The third-order valence-electron chi connectivity index (χ3n) is 4.64. The summed E-state index contributed by atoms with van der Waals surface area (Å²) < 4.78 is 0. The summed E-state index contributed by atoms with van der Waals surface area (Å²) in [6.45, 7) is 6.74. The fourth-order valence-electron chi connectivity index (χ4n) is 3.22. The molecular weight excluding hydrogens is 344 g/mol. The van der Waals surface area contributed by atoms with E-state index in [2.05, 4.69) is 57.8 Å². The van der Waals surface area contributed by atoms with Crippen LogP contribution in [-0.2, 0) is 6.54 Å². The minimum absolute atomic E-state index is 0.634. The highest BCUT2D eigenvalue weighted by molar-refractivity contribution is 6.30. The van der Waals surface area contributed by atoms with E-state index >= 15 is 0 Å². The fourth-order valence-corrected chi connectivity index (χ4v) is 3.34. The van der Waals surface area contributed by atoms with Crippen molar-refractivity contribution in [1.82, 2.24) is 10.6 Å². The van der Waals surface area contributed by atoms with Crippen LogP contribution < -0.4 is 15.5 Å². The molecule has 26 heavy (non-hydrogen) atoms. The van der Waals surface area contributed by atoms with Gasteiger partial charge >= 0.3 is 0 Å². The van der Waals surface area contributed by atoms with Gasteiger partial charge in [-0.2, -0.15) is 0 Å². The summed E-state index contributed by atoms with van der Waals surface area (Å²) in [6.07, 6.45) is 1.21. The molecule has 1 aliphatic rings. The monoisotopic (exact) mass is 370 g/mol. The molecule has 1 atom stereocenters. The molecule has 2 N–H and O–H groups in total. The normalized spacial score (nSPS) is 17.4. The Kier molecular flexibility index (Phi) is 6.78. The van der Waals surface area contributed by atoms with E-state index < -0.39 is 0 Å². The van der Waals surface area contributed by atoms with E-state index in [1.165, 1.54) is 12.1 Å². The highest BCUT2D eigenvalue weighted by Crippen LogP contribution is 2.22. The van der Waals surface area contributed by atoms with Gasteiger partial charge in [-0.3, -0.25) is 0 Å². The molecule has 1 aliphatic heterocycles. The molecule has 1 saturated heterocycles. The van der Waals surface area contributed by atoms with Gasteiger partial charge in [0.1, 0.15) is 0 Å². The van der Waals surface area contributed by atoms with Gasteiger partial charge in [0.15, 0.2) is 5.96 Å². The second kappa shape index (κ2) is 9.48. The molecule has 0 aliphatic carbocycles. The maximum atomic E-state index is 5.94. The molecule has 1 heterocycles. The zero-order valence-electron chi connectivity index (χ0n) is 15.3. The van der Waals surface area contributed by atoms with Gasteiger partial charge in [0.05, 0.1) is 6.54 Å². The molecule has 0 aromatic heterocycles. The molecule has 0 bridgehead atoms. The Labute approximate surface area is 161 Å². The summed E-state index contributed by atoms with van der Waals surface area (Å²) in [5.41, 5.74) is 2.47. The highest BCUT2D eigenvalue weighted by atomic mass is 35.5. The van der Waals surface area contributed by atoms with Crippen molar-refractivity contribution in [3.8, 4) is 0 Å². The number of hydrogen-bond acceptors (Lipinski definition) is 2. The van der Waals surface area contributed by atoms with Gasteiger partial charge < -0.3 is 15.5 Å². The number of hydrogen-bond donors (Lipinski definition) is 2. The van der Waals surface area contributed by atoms with Gasteiger partial charge in [-0.05, 0) is 49.1 Å². The Morgan fingerprint density at radius 1 is 1.12 bits per heavy atom. The predicted octanol–water partition coefficient (Wildman–Crippen LogP) is 3.92. The Bertz CT molecular complexity index is 700. The molecule has 0 spiro atoms. The number of nitrogens with zero attached hydrogens (tertiary/aromatic N) is 2. The average molecular weight is 371 g/mol. The van der Waals surface area contributed by atoms with Crippen LogP contribution >= 0.6 is 11.6 Å². The van der Waals surface area contributed by atoms with Crippen LogP contribution in [0.4, 0.5) is 5.69 Å². The van der Waals surface area contributed by atoms with Gasteiger partial charge in [0.2, 0.25) is 0 Å². The van der Waals surface area contributed by atoms with Crippen LogP contribution in [0.25, 0.3) is 0 Å². The minimum atomic E-state index is 0.634. The predicted molar refractivity (Wildman–Crippen MR) is 111 cm³/mol. The first-order valence-corrected chi connectivity index (χ1v) is 9.69. The number of nitrogens with one attached hydrogen (secondary N) is 2. The van der Waals surface area contributed by atoms with Crippen molar-refractivity contribution >= 4 is 23.2 Å². The van der Waals surface area contributed by atoms with Crippen LogP contribution in [0, 0.1) is 5.92 Å². The molecule has 138 valence electrons. The first kappa shape index (κ1) is 18.6. The third-order valence-corrected chi connectivity index (χ3v) is 4.89. The molecule has 2 aromatic rings.